The zero-order chi connectivity index (χ0) is 17.4. The zero-order valence-electron chi connectivity index (χ0n) is 15.7. The standard InChI is InChI=1S/C21H32N2O/c1-17(2)15-23-16-20(14-19(23)24)10-12-21(13-11-20,22(3)4)18-8-6-5-7-9-18/h5-9,17H,10-16H2,1-4H3. The van der Waals surface area contributed by atoms with Crippen molar-refractivity contribution in [2.24, 2.45) is 11.3 Å². The molecular weight excluding hydrogens is 296 g/mol. The van der Waals surface area contributed by atoms with Gasteiger partial charge in [0.25, 0.3) is 0 Å². The Morgan fingerprint density at radius 2 is 1.71 bits per heavy atom. The number of rotatable bonds is 4. The molecule has 1 amide bonds. The van der Waals surface area contributed by atoms with Crippen LogP contribution in [0.4, 0.5) is 0 Å². The average molecular weight is 329 g/mol. The molecule has 2 fully saturated rings. The van der Waals surface area contributed by atoms with Crippen LogP contribution in [0.15, 0.2) is 30.3 Å². The third-order valence-electron chi connectivity index (χ3n) is 6.30. The van der Waals surface area contributed by atoms with Crippen molar-refractivity contribution in [3.63, 3.8) is 0 Å². The molecule has 1 heterocycles. The molecule has 3 nitrogen and oxygen atoms in total. The molecule has 0 N–H and O–H groups in total. The van der Waals surface area contributed by atoms with Gasteiger partial charge in [0, 0.05) is 25.0 Å². The molecule has 1 aliphatic heterocycles. The van der Waals surface area contributed by atoms with E-state index < -0.39 is 0 Å². The van der Waals surface area contributed by atoms with Crippen LogP contribution < -0.4 is 0 Å². The summed E-state index contributed by atoms with van der Waals surface area (Å²) in [5.41, 5.74) is 1.77. The summed E-state index contributed by atoms with van der Waals surface area (Å²) in [6, 6.07) is 10.9. The Morgan fingerprint density at radius 3 is 2.25 bits per heavy atom. The minimum Gasteiger partial charge on any atom is -0.342 e. The van der Waals surface area contributed by atoms with E-state index in [0.717, 1.165) is 45.2 Å². The highest BCUT2D eigenvalue weighted by molar-refractivity contribution is 5.79. The highest BCUT2D eigenvalue weighted by atomic mass is 16.2. The predicted molar refractivity (Wildman–Crippen MR) is 98.7 cm³/mol. The molecule has 1 saturated heterocycles. The maximum atomic E-state index is 12.5. The number of amides is 1. The molecule has 1 aliphatic carbocycles. The Balaban J connectivity index is 1.76. The molecule has 0 radical (unpaired) electrons. The Labute approximate surface area is 147 Å². The SMILES string of the molecule is CC(C)CN1CC2(CCC(c3ccccc3)(N(C)C)CC2)CC1=O. The lowest BCUT2D eigenvalue weighted by Gasteiger charge is -2.49. The van der Waals surface area contributed by atoms with E-state index in [9.17, 15) is 4.79 Å². The van der Waals surface area contributed by atoms with Crippen LogP contribution in [0.2, 0.25) is 0 Å². The molecule has 3 heteroatoms. The number of hydrogen-bond donors (Lipinski definition) is 0. The fourth-order valence-electron chi connectivity index (χ4n) is 4.86. The molecule has 0 aromatic heterocycles. The van der Waals surface area contributed by atoms with Gasteiger partial charge < -0.3 is 4.90 Å². The molecule has 1 aromatic carbocycles. The molecular formula is C21H32N2O. The van der Waals surface area contributed by atoms with Gasteiger partial charge in [-0.3, -0.25) is 9.69 Å². The van der Waals surface area contributed by atoms with Crippen molar-refractivity contribution >= 4 is 5.91 Å². The Morgan fingerprint density at radius 1 is 1.08 bits per heavy atom. The fourth-order valence-corrected chi connectivity index (χ4v) is 4.86. The van der Waals surface area contributed by atoms with E-state index in [4.69, 9.17) is 0 Å². The first-order valence-corrected chi connectivity index (χ1v) is 9.38. The number of hydrogen-bond acceptors (Lipinski definition) is 2. The van der Waals surface area contributed by atoms with Crippen molar-refractivity contribution < 1.29 is 4.79 Å². The highest BCUT2D eigenvalue weighted by Crippen LogP contribution is 2.52. The third kappa shape index (κ3) is 3.11. The van der Waals surface area contributed by atoms with Gasteiger partial charge in [-0.05, 0) is 56.7 Å². The summed E-state index contributed by atoms with van der Waals surface area (Å²) in [5.74, 6) is 0.929. The minimum absolute atomic E-state index is 0.126. The lowest BCUT2D eigenvalue weighted by atomic mass is 9.64. The van der Waals surface area contributed by atoms with Crippen LogP contribution in [0.25, 0.3) is 0 Å². The monoisotopic (exact) mass is 328 g/mol. The Hall–Kier alpha value is -1.35. The van der Waals surface area contributed by atoms with Gasteiger partial charge in [-0.25, -0.2) is 0 Å². The average Bonchev–Trinajstić information content (AvgIpc) is 2.84. The maximum absolute atomic E-state index is 12.5. The molecule has 132 valence electrons. The molecule has 0 bridgehead atoms. The summed E-state index contributed by atoms with van der Waals surface area (Å²) in [6.07, 6.45) is 5.36. The summed E-state index contributed by atoms with van der Waals surface area (Å²) in [5, 5.41) is 0. The molecule has 0 atom stereocenters. The number of benzene rings is 1. The van der Waals surface area contributed by atoms with Gasteiger partial charge in [0.2, 0.25) is 5.91 Å². The van der Waals surface area contributed by atoms with E-state index in [-0.39, 0.29) is 11.0 Å². The topological polar surface area (TPSA) is 23.6 Å². The van der Waals surface area contributed by atoms with Crippen LogP contribution >= 0.6 is 0 Å². The second-order valence-electron chi connectivity index (χ2n) is 8.64. The lowest BCUT2D eigenvalue weighted by molar-refractivity contribution is -0.128. The first-order valence-electron chi connectivity index (χ1n) is 9.38. The van der Waals surface area contributed by atoms with Crippen LogP contribution in [0.3, 0.4) is 0 Å². The molecule has 24 heavy (non-hydrogen) atoms. The fraction of sp³-hybridized carbons (Fsp3) is 0.667. The van der Waals surface area contributed by atoms with Gasteiger partial charge in [-0.2, -0.15) is 0 Å². The van der Waals surface area contributed by atoms with Crippen molar-refractivity contribution in [1.82, 2.24) is 9.80 Å². The molecule has 0 unspecified atom stereocenters. The second kappa shape index (κ2) is 6.51. The van der Waals surface area contributed by atoms with Crippen LogP contribution in [0.1, 0.15) is 51.5 Å². The van der Waals surface area contributed by atoms with Crippen LogP contribution in [-0.2, 0) is 10.3 Å². The van der Waals surface area contributed by atoms with E-state index in [1.807, 2.05) is 0 Å². The lowest BCUT2D eigenvalue weighted by Crippen LogP contribution is -2.47. The maximum Gasteiger partial charge on any atom is 0.223 e. The Kier molecular flexibility index (Phi) is 4.74. The second-order valence-corrected chi connectivity index (χ2v) is 8.64. The number of likely N-dealkylation sites (tertiary alicyclic amines) is 1. The molecule has 1 spiro atoms. The molecule has 2 aliphatic rings. The van der Waals surface area contributed by atoms with E-state index in [1.54, 1.807) is 0 Å². The van der Waals surface area contributed by atoms with Crippen LogP contribution in [-0.4, -0.2) is 42.9 Å². The largest absolute Gasteiger partial charge is 0.342 e. The summed E-state index contributed by atoms with van der Waals surface area (Å²) < 4.78 is 0. The van der Waals surface area contributed by atoms with E-state index in [2.05, 4.69) is 68.1 Å². The van der Waals surface area contributed by atoms with Crippen molar-refractivity contribution in [2.75, 3.05) is 27.2 Å². The van der Waals surface area contributed by atoms with E-state index in [0.29, 0.717) is 11.8 Å². The van der Waals surface area contributed by atoms with Crippen LogP contribution in [0.5, 0.6) is 0 Å². The summed E-state index contributed by atoms with van der Waals surface area (Å²) >= 11 is 0. The van der Waals surface area contributed by atoms with Crippen molar-refractivity contribution in [1.29, 1.82) is 0 Å². The van der Waals surface area contributed by atoms with E-state index in [1.165, 1.54) is 5.56 Å². The van der Waals surface area contributed by atoms with Gasteiger partial charge in [0.15, 0.2) is 0 Å². The highest BCUT2D eigenvalue weighted by Gasteiger charge is 2.50. The van der Waals surface area contributed by atoms with Crippen molar-refractivity contribution in [3.8, 4) is 0 Å². The smallest absolute Gasteiger partial charge is 0.223 e. The van der Waals surface area contributed by atoms with Gasteiger partial charge in [0.05, 0.1) is 0 Å². The number of nitrogens with zero attached hydrogens (tertiary/aromatic N) is 2. The first kappa shape index (κ1) is 17.5. The summed E-state index contributed by atoms with van der Waals surface area (Å²) in [7, 11) is 4.41. The quantitative estimate of drug-likeness (QED) is 0.837. The zero-order valence-corrected chi connectivity index (χ0v) is 15.7. The van der Waals surface area contributed by atoms with Gasteiger partial charge in [-0.1, -0.05) is 44.2 Å². The van der Waals surface area contributed by atoms with Gasteiger partial charge in [0.1, 0.15) is 0 Å². The van der Waals surface area contributed by atoms with Crippen LogP contribution in [0, 0.1) is 11.3 Å². The number of carbonyl (C=O) groups excluding carboxylic acids is 1. The van der Waals surface area contributed by atoms with Crippen molar-refractivity contribution in [3.05, 3.63) is 35.9 Å². The van der Waals surface area contributed by atoms with Gasteiger partial charge in [-0.15, -0.1) is 0 Å². The molecule has 1 saturated carbocycles. The molecule has 3 rings (SSSR count). The number of carbonyl (C=O) groups is 1. The first-order chi connectivity index (χ1) is 11.4. The third-order valence-corrected chi connectivity index (χ3v) is 6.30. The summed E-state index contributed by atoms with van der Waals surface area (Å²) in [4.78, 5) is 17.0. The summed E-state index contributed by atoms with van der Waals surface area (Å²) in [6.45, 7) is 6.29. The molecule has 1 aromatic rings. The minimum atomic E-state index is 0.126. The Bertz CT molecular complexity index is 571. The van der Waals surface area contributed by atoms with E-state index >= 15 is 0 Å². The predicted octanol–water partition coefficient (Wildman–Crippen LogP) is 3.89. The van der Waals surface area contributed by atoms with Crippen molar-refractivity contribution in [2.45, 2.75) is 51.5 Å². The van der Waals surface area contributed by atoms with Gasteiger partial charge >= 0.3 is 0 Å². The normalized spacial score (nSPS) is 30.8.